The molecule has 0 amide bonds. The zero-order chi connectivity index (χ0) is 20.4. The van der Waals surface area contributed by atoms with Crippen LogP contribution in [-0.4, -0.2) is 72.1 Å². The third kappa shape index (κ3) is 5.16. The fraction of sp³-hybridized carbons (Fsp3) is 0.727. The Hall–Kier alpha value is -1.09. The van der Waals surface area contributed by atoms with Gasteiger partial charge < -0.3 is 20.0 Å². The molecule has 0 atom stereocenters. The fourth-order valence-electron chi connectivity index (χ4n) is 3.95. The van der Waals surface area contributed by atoms with E-state index in [0.717, 1.165) is 63.2 Å². The molecule has 0 unspecified atom stereocenters. The van der Waals surface area contributed by atoms with Gasteiger partial charge in [-0.2, -0.15) is 0 Å². The average molecular weight is 515 g/mol. The summed E-state index contributed by atoms with van der Waals surface area (Å²) in [5, 5.41) is 3.46. The largest absolute Gasteiger partial charge is 0.356 e. The molecule has 0 aromatic carbocycles. The standard InChI is InChI=1S/C22H38N6.HI/c1-7-23-20(28-17-21(3,4)22(28,5)6)25-16-18-9-10-19(24-15-18)27-13-11-26(8-2)12-14-27;/h9-10,15H,7-8,11-14,16-17H2,1-6H3,(H,23,25);1H. The Kier molecular flexibility index (Phi) is 8.18. The molecule has 0 aliphatic carbocycles. The van der Waals surface area contributed by atoms with Crippen LogP contribution in [0.5, 0.6) is 0 Å². The van der Waals surface area contributed by atoms with Crippen LogP contribution in [0, 0.1) is 5.41 Å². The van der Waals surface area contributed by atoms with Crippen molar-refractivity contribution in [2.45, 2.75) is 53.6 Å². The van der Waals surface area contributed by atoms with Gasteiger partial charge in [-0.1, -0.05) is 26.8 Å². The monoisotopic (exact) mass is 514 g/mol. The topological polar surface area (TPSA) is 47.0 Å². The predicted molar refractivity (Wildman–Crippen MR) is 133 cm³/mol. The summed E-state index contributed by atoms with van der Waals surface area (Å²) in [5.41, 5.74) is 1.56. The molecule has 164 valence electrons. The summed E-state index contributed by atoms with van der Waals surface area (Å²) in [6, 6.07) is 4.32. The third-order valence-corrected chi connectivity index (χ3v) is 6.84. The van der Waals surface area contributed by atoms with E-state index < -0.39 is 0 Å². The van der Waals surface area contributed by atoms with Crippen molar-refractivity contribution in [1.29, 1.82) is 0 Å². The molecule has 2 fully saturated rings. The van der Waals surface area contributed by atoms with Gasteiger partial charge in [-0.15, -0.1) is 24.0 Å². The third-order valence-electron chi connectivity index (χ3n) is 6.84. The number of hydrogen-bond acceptors (Lipinski definition) is 4. The van der Waals surface area contributed by atoms with Gasteiger partial charge in [-0.05, 0) is 38.9 Å². The first-order valence-electron chi connectivity index (χ1n) is 10.8. The molecule has 6 nitrogen and oxygen atoms in total. The first kappa shape index (κ1) is 24.2. The number of nitrogens with zero attached hydrogens (tertiary/aromatic N) is 5. The predicted octanol–water partition coefficient (Wildman–Crippen LogP) is 3.43. The van der Waals surface area contributed by atoms with E-state index in [1.54, 1.807) is 0 Å². The molecule has 0 saturated carbocycles. The number of likely N-dealkylation sites (tertiary alicyclic amines) is 1. The van der Waals surface area contributed by atoms with Gasteiger partial charge in [0.25, 0.3) is 0 Å². The molecule has 2 saturated heterocycles. The molecule has 7 heteroatoms. The minimum Gasteiger partial charge on any atom is -0.356 e. The van der Waals surface area contributed by atoms with Crippen LogP contribution in [0.2, 0.25) is 0 Å². The molecule has 2 aliphatic rings. The molecule has 0 spiro atoms. The van der Waals surface area contributed by atoms with Gasteiger partial charge >= 0.3 is 0 Å². The maximum absolute atomic E-state index is 4.90. The number of aromatic nitrogens is 1. The van der Waals surface area contributed by atoms with E-state index >= 15 is 0 Å². The smallest absolute Gasteiger partial charge is 0.194 e. The van der Waals surface area contributed by atoms with Crippen molar-refractivity contribution in [2.24, 2.45) is 10.4 Å². The van der Waals surface area contributed by atoms with Crippen LogP contribution in [0.3, 0.4) is 0 Å². The molecule has 29 heavy (non-hydrogen) atoms. The average Bonchev–Trinajstić information content (AvgIpc) is 2.70. The first-order chi connectivity index (χ1) is 13.3. The normalized spacial score (nSPS) is 21.4. The Labute approximate surface area is 194 Å². The van der Waals surface area contributed by atoms with Crippen LogP contribution in [0.25, 0.3) is 0 Å². The number of rotatable bonds is 5. The summed E-state index contributed by atoms with van der Waals surface area (Å²) in [6.07, 6.45) is 1.99. The van der Waals surface area contributed by atoms with Gasteiger partial charge in [-0.3, -0.25) is 0 Å². The Balaban J connectivity index is 0.00000300. The molecule has 1 aromatic heterocycles. The molecule has 3 rings (SSSR count). The first-order valence-corrected chi connectivity index (χ1v) is 10.8. The number of pyridine rings is 1. The summed E-state index contributed by atoms with van der Waals surface area (Å²) in [6.45, 7) is 21.7. The minimum atomic E-state index is 0. The van der Waals surface area contributed by atoms with Crippen LogP contribution < -0.4 is 10.2 Å². The highest BCUT2D eigenvalue weighted by Crippen LogP contribution is 2.46. The van der Waals surface area contributed by atoms with E-state index in [0.29, 0.717) is 12.0 Å². The second-order valence-corrected chi connectivity index (χ2v) is 9.15. The molecule has 0 bridgehead atoms. The van der Waals surface area contributed by atoms with E-state index in [1.807, 2.05) is 6.20 Å². The van der Waals surface area contributed by atoms with Gasteiger partial charge in [0.05, 0.1) is 6.54 Å². The van der Waals surface area contributed by atoms with Crippen LogP contribution in [0.1, 0.15) is 47.1 Å². The van der Waals surface area contributed by atoms with Crippen LogP contribution >= 0.6 is 24.0 Å². The summed E-state index contributed by atoms with van der Waals surface area (Å²) >= 11 is 0. The number of likely N-dealkylation sites (N-methyl/N-ethyl adjacent to an activating group) is 1. The molecule has 3 heterocycles. The lowest BCUT2D eigenvalue weighted by molar-refractivity contribution is -0.0667. The van der Waals surface area contributed by atoms with E-state index in [2.05, 4.69) is 73.7 Å². The van der Waals surface area contributed by atoms with E-state index in [1.165, 1.54) is 0 Å². The van der Waals surface area contributed by atoms with Gasteiger partial charge in [0.2, 0.25) is 0 Å². The van der Waals surface area contributed by atoms with Gasteiger partial charge in [0, 0.05) is 56.4 Å². The Morgan fingerprint density at radius 2 is 1.79 bits per heavy atom. The van der Waals surface area contributed by atoms with E-state index in [4.69, 9.17) is 9.98 Å². The SMILES string of the molecule is CCNC(=NCc1ccc(N2CCN(CC)CC2)nc1)N1CC(C)(C)C1(C)C.I. The zero-order valence-electron chi connectivity index (χ0n) is 19.0. The fourth-order valence-corrected chi connectivity index (χ4v) is 3.95. The second-order valence-electron chi connectivity index (χ2n) is 9.15. The molecule has 1 aromatic rings. The van der Waals surface area contributed by atoms with Crippen molar-refractivity contribution < 1.29 is 0 Å². The van der Waals surface area contributed by atoms with Crippen molar-refractivity contribution in [3.05, 3.63) is 23.9 Å². The summed E-state index contributed by atoms with van der Waals surface area (Å²) in [7, 11) is 0. The Morgan fingerprint density at radius 1 is 1.10 bits per heavy atom. The van der Waals surface area contributed by atoms with E-state index in [9.17, 15) is 0 Å². The summed E-state index contributed by atoms with van der Waals surface area (Å²) in [4.78, 5) is 16.9. The number of nitrogens with one attached hydrogen (secondary N) is 1. The summed E-state index contributed by atoms with van der Waals surface area (Å²) < 4.78 is 0. The molecule has 0 radical (unpaired) electrons. The highest BCUT2D eigenvalue weighted by atomic mass is 127. The number of aliphatic imine (C=N–C) groups is 1. The summed E-state index contributed by atoms with van der Waals surface area (Å²) in [5.74, 6) is 2.09. The maximum Gasteiger partial charge on any atom is 0.194 e. The molecular weight excluding hydrogens is 475 g/mol. The lowest BCUT2D eigenvalue weighted by Crippen LogP contribution is -2.72. The Morgan fingerprint density at radius 3 is 2.28 bits per heavy atom. The molecule has 2 aliphatic heterocycles. The maximum atomic E-state index is 4.90. The van der Waals surface area contributed by atoms with Crippen LogP contribution in [0.15, 0.2) is 23.3 Å². The molecular formula is C22H39IN6. The number of anilines is 1. The second kappa shape index (κ2) is 9.81. The highest BCUT2D eigenvalue weighted by molar-refractivity contribution is 14.0. The Bertz CT molecular complexity index is 677. The number of guanidine groups is 1. The van der Waals surface area contributed by atoms with Crippen LogP contribution in [0.4, 0.5) is 5.82 Å². The number of hydrogen-bond donors (Lipinski definition) is 1. The van der Waals surface area contributed by atoms with Gasteiger partial charge in [0.1, 0.15) is 5.82 Å². The van der Waals surface area contributed by atoms with E-state index in [-0.39, 0.29) is 29.5 Å². The number of piperazine rings is 1. The van der Waals surface area contributed by atoms with Crippen molar-refractivity contribution in [1.82, 2.24) is 20.1 Å². The van der Waals surface area contributed by atoms with Crippen molar-refractivity contribution >= 4 is 35.8 Å². The van der Waals surface area contributed by atoms with Crippen molar-refractivity contribution in [2.75, 3.05) is 50.7 Å². The lowest BCUT2D eigenvalue weighted by Gasteiger charge is -2.62. The van der Waals surface area contributed by atoms with Gasteiger partial charge in [0.15, 0.2) is 5.96 Å². The quantitative estimate of drug-likeness (QED) is 0.371. The van der Waals surface area contributed by atoms with Crippen molar-refractivity contribution in [3.63, 3.8) is 0 Å². The highest BCUT2D eigenvalue weighted by Gasteiger charge is 2.53. The van der Waals surface area contributed by atoms with Crippen LogP contribution in [-0.2, 0) is 6.54 Å². The van der Waals surface area contributed by atoms with Crippen molar-refractivity contribution in [3.8, 4) is 0 Å². The number of halogens is 1. The minimum absolute atomic E-state index is 0. The molecule has 1 N–H and O–H groups in total. The van der Waals surface area contributed by atoms with Gasteiger partial charge in [-0.25, -0.2) is 9.98 Å². The lowest BCUT2D eigenvalue weighted by atomic mass is 9.65. The zero-order valence-corrected chi connectivity index (χ0v) is 21.4.